The molecule has 1 N–H and O–H groups in total. The summed E-state index contributed by atoms with van der Waals surface area (Å²) in [6, 6.07) is 18.9. The van der Waals surface area contributed by atoms with Crippen molar-refractivity contribution in [3.63, 3.8) is 0 Å². The van der Waals surface area contributed by atoms with E-state index in [1.54, 1.807) is 17.9 Å². The number of nitrogens with one attached hydrogen (secondary N) is 1. The van der Waals surface area contributed by atoms with Crippen molar-refractivity contribution in [2.75, 3.05) is 20.3 Å². The highest BCUT2D eigenvalue weighted by molar-refractivity contribution is 5.90. The molecule has 1 fully saturated rings. The molecule has 31 heavy (non-hydrogen) atoms. The van der Waals surface area contributed by atoms with Gasteiger partial charge in [0, 0.05) is 12.5 Å². The third-order valence-electron chi connectivity index (χ3n) is 5.18. The Morgan fingerprint density at radius 1 is 1.10 bits per heavy atom. The van der Waals surface area contributed by atoms with E-state index in [0.717, 1.165) is 35.5 Å². The number of carbonyl (C=O) groups is 2. The molecule has 0 aliphatic heterocycles. The largest absolute Gasteiger partial charge is 0.496 e. The molecule has 1 amide bonds. The molecule has 0 bridgehead atoms. The second-order valence-electron chi connectivity index (χ2n) is 7.46. The maximum Gasteiger partial charge on any atom is 0.357 e. The summed E-state index contributed by atoms with van der Waals surface area (Å²) in [5.41, 5.74) is 3.00. The zero-order valence-corrected chi connectivity index (χ0v) is 17.4. The molecule has 0 radical (unpaired) electrons. The molecule has 1 aliphatic rings. The smallest absolute Gasteiger partial charge is 0.357 e. The Labute approximate surface area is 181 Å². The topological polar surface area (TPSA) is 82.4 Å². The van der Waals surface area contributed by atoms with Crippen LogP contribution in [0.4, 0.5) is 0 Å². The van der Waals surface area contributed by atoms with Gasteiger partial charge in [-0.1, -0.05) is 36.4 Å². The first kappa shape index (κ1) is 20.7. The fourth-order valence-corrected chi connectivity index (χ4v) is 3.39. The lowest BCUT2D eigenvalue weighted by Gasteiger charge is -2.10. The molecule has 0 spiro atoms. The molecule has 2 aromatic carbocycles. The van der Waals surface area contributed by atoms with E-state index in [0.29, 0.717) is 24.6 Å². The summed E-state index contributed by atoms with van der Waals surface area (Å²) in [4.78, 5) is 24.9. The van der Waals surface area contributed by atoms with Crippen LogP contribution in [0.15, 0.2) is 60.7 Å². The summed E-state index contributed by atoms with van der Waals surface area (Å²) in [5, 5.41) is 7.37. The Hall–Kier alpha value is -3.61. The zero-order chi connectivity index (χ0) is 21.6. The van der Waals surface area contributed by atoms with Crippen molar-refractivity contribution in [2.45, 2.75) is 25.2 Å². The number of nitrogens with zero attached hydrogens (tertiary/aromatic N) is 2. The van der Waals surface area contributed by atoms with Crippen LogP contribution in [0.3, 0.4) is 0 Å². The van der Waals surface area contributed by atoms with Gasteiger partial charge in [0.1, 0.15) is 5.75 Å². The van der Waals surface area contributed by atoms with Crippen LogP contribution in [0.5, 0.6) is 5.75 Å². The minimum atomic E-state index is -0.567. The van der Waals surface area contributed by atoms with Crippen molar-refractivity contribution >= 4 is 11.9 Å². The van der Waals surface area contributed by atoms with Gasteiger partial charge in [-0.05, 0) is 49.1 Å². The van der Waals surface area contributed by atoms with Crippen LogP contribution in [-0.2, 0) is 16.0 Å². The second kappa shape index (κ2) is 9.47. The molecule has 3 aromatic rings. The average Bonchev–Trinajstić information content (AvgIpc) is 3.56. The fraction of sp³-hybridized carbons (Fsp3) is 0.292. The molecular formula is C24H25N3O4. The third-order valence-corrected chi connectivity index (χ3v) is 5.18. The van der Waals surface area contributed by atoms with E-state index in [-0.39, 0.29) is 12.5 Å². The molecule has 160 valence electrons. The first-order valence-electron chi connectivity index (χ1n) is 10.4. The van der Waals surface area contributed by atoms with Crippen molar-refractivity contribution in [2.24, 2.45) is 0 Å². The van der Waals surface area contributed by atoms with Crippen molar-refractivity contribution in [3.8, 4) is 11.4 Å². The Morgan fingerprint density at radius 3 is 2.58 bits per heavy atom. The van der Waals surface area contributed by atoms with Gasteiger partial charge in [0.25, 0.3) is 5.91 Å². The molecule has 7 heteroatoms. The summed E-state index contributed by atoms with van der Waals surface area (Å²) in [6.45, 7) is 0.0774. The lowest BCUT2D eigenvalue weighted by atomic mass is 10.1. The monoisotopic (exact) mass is 419 g/mol. The number of esters is 1. The molecule has 1 heterocycles. The van der Waals surface area contributed by atoms with Crippen LogP contribution in [-0.4, -0.2) is 41.9 Å². The molecule has 1 aromatic heterocycles. The summed E-state index contributed by atoms with van der Waals surface area (Å²) in [7, 11) is 1.62. The normalized spacial score (nSPS) is 12.9. The van der Waals surface area contributed by atoms with E-state index in [1.165, 1.54) is 0 Å². The van der Waals surface area contributed by atoms with Gasteiger partial charge < -0.3 is 14.8 Å². The maximum absolute atomic E-state index is 12.7. The molecule has 7 nitrogen and oxygen atoms in total. The number of methoxy groups -OCH3 is 1. The molecule has 1 saturated carbocycles. The van der Waals surface area contributed by atoms with Gasteiger partial charge in [0.15, 0.2) is 12.3 Å². The van der Waals surface area contributed by atoms with Crippen molar-refractivity contribution in [3.05, 3.63) is 77.6 Å². The van der Waals surface area contributed by atoms with Crippen LogP contribution in [0.25, 0.3) is 5.69 Å². The summed E-state index contributed by atoms with van der Waals surface area (Å²) in [5.74, 6) is 0.262. The number of carbonyl (C=O) groups excluding carboxylic acids is 2. The van der Waals surface area contributed by atoms with Crippen LogP contribution >= 0.6 is 0 Å². The summed E-state index contributed by atoms with van der Waals surface area (Å²) in [6.07, 6.45) is 2.78. The predicted octanol–water partition coefficient (Wildman–Crippen LogP) is 3.27. The summed E-state index contributed by atoms with van der Waals surface area (Å²) >= 11 is 0. The molecular weight excluding hydrogens is 394 g/mol. The Morgan fingerprint density at radius 2 is 1.84 bits per heavy atom. The van der Waals surface area contributed by atoms with Gasteiger partial charge >= 0.3 is 5.97 Å². The number of hydrogen-bond donors (Lipinski definition) is 1. The molecule has 0 unspecified atom stereocenters. The van der Waals surface area contributed by atoms with E-state index in [9.17, 15) is 9.59 Å². The number of benzene rings is 2. The van der Waals surface area contributed by atoms with E-state index < -0.39 is 5.97 Å². The minimum absolute atomic E-state index is 0.329. The first-order valence-corrected chi connectivity index (χ1v) is 10.4. The molecule has 0 atom stereocenters. The highest BCUT2D eigenvalue weighted by Gasteiger charge is 2.29. The fourth-order valence-electron chi connectivity index (χ4n) is 3.39. The van der Waals surface area contributed by atoms with Crippen LogP contribution in [0, 0.1) is 0 Å². The molecule has 4 rings (SSSR count). The van der Waals surface area contributed by atoms with Crippen LogP contribution < -0.4 is 10.1 Å². The molecule has 0 saturated heterocycles. The first-order chi connectivity index (χ1) is 15.2. The van der Waals surface area contributed by atoms with Crippen LogP contribution in [0.1, 0.15) is 40.5 Å². The molecule has 1 aliphatic carbocycles. The van der Waals surface area contributed by atoms with E-state index in [1.807, 2.05) is 54.6 Å². The Kier molecular flexibility index (Phi) is 6.31. The average molecular weight is 419 g/mol. The summed E-state index contributed by atoms with van der Waals surface area (Å²) < 4.78 is 12.2. The quantitative estimate of drug-likeness (QED) is 0.538. The van der Waals surface area contributed by atoms with E-state index >= 15 is 0 Å². The zero-order valence-electron chi connectivity index (χ0n) is 17.4. The predicted molar refractivity (Wildman–Crippen MR) is 116 cm³/mol. The number of ether oxygens (including phenoxy) is 2. The highest BCUT2D eigenvalue weighted by Crippen LogP contribution is 2.39. The van der Waals surface area contributed by atoms with E-state index in [2.05, 4.69) is 10.4 Å². The van der Waals surface area contributed by atoms with Gasteiger partial charge in [0.2, 0.25) is 0 Å². The lowest BCUT2D eigenvalue weighted by Crippen LogP contribution is -2.30. The highest BCUT2D eigenvalue weighted by atomic mass is 16.5. The third kappa shape index (κ3) is 5.12. The maximum atomic E-state index is 12.7. The van der Waals surface area contributed by atoms with Gasteiger partial charge in [-0.15, -0.1) is 0 Å². The number of para-hydroxylation sites is 2. The van der Waals surface area contributed by atoms with Crippen molar-refractivity contribution in [1.82, 2.24) is 15.1 Å². The number of rotatable bonds is 9. The van der Waals surface area contributed by atoms with Crippen molar-refractivity contribution < 1.29 is 19.1 Å². The second-order valence-corrected chi connectivity index (χ2v) is 7.46. The number of amides is 1. The Bertz CT molecular complexity index is 1060. The number of aromatic nitrogens is 2. The van der Waals surface area contributed by atoms with Gasteiger partial charge in [-0.25, -0.2) is 9.48 Å². The Balaban J connectivity index is 1.34. The minimum Gasteiger partial charge on any atom is -0.496 e. The van der Waals surface area contributed by atoms with Crippen molar-refractivity contribution in [1.29, 1.82) is 0 Å². The van der Waals surface area contributed by atoms with Gasteiger partial charge in [0.05, 0.1) is 18.5 Å². The van der Waals surface area contributed by atoms with Gasteiger partial charge in [-0.3, -0.25) is 4.79 Å². The standard InChI is InChI=1S/C24H25N3O4/c1-30-22-10-6-5-7-18(22)13-14-25-23(28)16-31-24(29)21-15-20(17-11-12-17)26-27(21)19-8-3-2-4-9-19/h2-10,15,17H,11-14,16H2,1H3,(H,25,28). The van der Waals surface area contributed by atoms with Crippen LogP contribution in [0.2, 0.25) is 0 Å². The SMILES string of the molecule is COc1ccccc1CCNC(=O)COC(=O)c1cc(C2CC2)nn1-c1ccccc1. The lowest BCUT2D eigenvalue weighted by molar-refractivity contribution is -0.124. The number of hydrogen-bond acceptors (Lipinski definition) is 5. The van der Waals surface area contributed by atoms with Gasteiger partial charge in [-0.2, -0.15) is 5.10 Å². The van der Waals surface area contributed by atoms with E-state index in [4.69, 9.17) is 9.47 Å².